The number of rotatable bonds is 3. The zero-order valence-electron chi connectivity index (χ0n) is 7.50. The van der Waals surface area contributed by atoms with Crippen molar-refractivity contribution in [3.05, 3.63) is 35.9 Å². The lowest BCUT2D eigenvalue weighted by Gasteiger charge is -2.04. The van der Waals surface area contributed by atoms with Gasteiger partial charge in [0.05, 0.1) is 0 Å². The van der Waals surface area contributed by atoms with Gasteiger partial charge in [-0.25, -0.2) is 0 Å². The number of carbonyl (C=O) groups is 1. The molecule has 0 aliphatic heterocycles. The molecule has 0 saturated carbocycles. The van der Waals surface area contributed by atoms with Gasteiger partial charge < -0.3 is 10.8 Å². The molecule has 5 N–H and O–H groups in total. The van der Waals surface area contributed by atoms with Crippen LogP contribution in [0.5, 0.6) is 0 Å². The van der Waals surface area contributed by atoms with Gasteiger partial charge in [0.1, 0.15) is 6.04 Å². The predicted molar refractivity (Wildman–Crippen MR) is 51.0 cm³/mol. The fourth-order valence-corrected chi connectivity index (χ4v) is 0.955. The highest BCUT2D eigenvalue weighted by Crippen LogP contribution is 2.01. The average Bonchev–Trinajstić information content (AvgIpc) is 2.22. The van der Waals surface area contributed by atoms with E-state index in [2.05, 4.69) is 0 Å². The summed E-state index contributed by atoms with van der Waals surface area (Å²) in [5, 5.41) is 20.5. The Labute approximate surface area is 81.3 Å². The van der Waals surface area contributed by atoms with Gasteiger partial charge in [-0.15, -0.1) is 0 Å². The number of benzene rings is 1. The van der Waals surface area contributed by atoms with E-state index in [4.69, 9.17) is 21.4 Å². The minimum Gasteiger partial charge on any atom is -0.480 e. The molecule has 0 spiro atoms. The first-order valence-electron chi connectivity index (χ1n) is 3.92. The van der Waals surface area contributed by atoms with Gasteiger partial charge in [0.25, 0.3) is 0 Å². The molecule has 1 rings (SSSR count). The third-order valence-corrected chi connectivity index (χ3v) is 1.62. The van der Waals surface area contributed by atoms with Crippen LogP contribution in [0.15, 0.2) is 30.3 Å². The minimum absolute atomic E-state index is 0.385. The van der Waals surface area contributed by atoms with Crippen molar-refractivity contribution in [1.82, 2.24) is 0 Å². The van der Waals surface area contributed by atoms with Crippen LogP contribution >= 0.6 is 0 Å². The van der Waals surface area contributed by atoms with Crippen LogP contribution in [0.25, 0.3) is 0 Å². The van der Waals surface area contributed by atoms with E-state index in [1.54, 1.807) is 0 Å². The van der Waals surface area contributed by atoms with Crippen LogP contribution in [0.3, 0.4) is 0 Å². The van der Waals surface area contributed by atoms with Crippen molar-refractivity contribution in [3.63, 3.8) is 0 Å². The quantitative estimate of drug-likeness (QED) is 0.423. The molecule has 0 aliphatic rings. The van der Waals surface area contributed by atoms with Gasteiger partial charge in [-0.2, -0.15) is 0 Å². The van der Waals surface area contributed by atoms with Crippen molar-refractivity contribution < 1.29 is 20.4 Å². The Morgan fingerprint density at radius 3 is 2.21 bits per heavy atom. The van der Waals surface area contributed by atoms with Gasteiger partial charge in [-0.1, -0.05) is 30.3 Å². The molecule has 0 saturated heterocycles. The van der Waals surface area contributed by atoms with E-state index in [1.807, 2.05) is 30.3 Å². The van der Waals surface area contributed by atoms with Crippen LogP contribution in [-0.4, -0.2) is 27.6 Å². The minimum atomic E-state index is -0.959. The highest BCUT2D eigenvalue weighted by molar-refractivity contribution is 5.73. The zero-order valence-corrected chi connectivity index (χ0v) is 7.50. The summed E-state index contributed by atoms with van der Waals surface area (Å²) in [6, 6.07) is 8.54. The van der Waals surface area contributed by atoms with Crippen LogP contribution in [0.2, 0.25) is 0 Å². The summed E-state index contributed by atoms with van der Waals surface area (Å²) < 4.78 is 0. The fourth-order valence-electron chi connectivity index (χ4n) is 0.955. The van der Waals surface area contributed by atoms with Crippen LogP contribution in [0.4, 0.5) is 0 Å². The zero-order chi connectivity index (χ0) is 11.0. The lowest BCUT2D eigenvalue weighted by molar-refractivity contribution is -0.176. The molecule has 0 amide bonds. The third kappa shape index (κ3) is 4.56. The maximum Gasteiger partial charge on any atom is 0.320 e. The smallest absolute Gasteiger partial charge is 0.320 e. The number of carboxylic acid groups (broad SMARTS) is 1. The van der Waals surface area contributed by atoms with Gasteiger partial charge in [0, 0.05) is 0 Å². The first-order valence-corrected chi connectivity index (χ1v) is 3.92. The second-order valence-corrected chi connectivity index (χ2v) is 2.63. The van der Waals surface area contributed by atoms with E-state index >= 15 is 0 Å². The summed E-state index contributed by atoms with van der Waals surface area (Å²) in [7, 11) is 0. The first-order chi connectivity index (χ1) is 6.70. The van der Waals surface area contributed by atoms with Gasteiger partial charge in [-0.3, -0.25) is 15.3 Å². The summed E-state index contributed by atoms with van der Waals surface area (Å²) in [4.78, 5) is 10.4. The summed E-state index contributed by atoms with van der Waals surface area (Å²) in [6.45, 7) is 0. The van der Waals surface area contributed by atoms with E-state index < -0.39 is 12.0 Å². The molecule has 1 aromatic rings. The monoisotopic (exact) mass is 199 g/mol. The lowest BCUT2D eigenvalue weighted by Crippen LogP contribution is -2.32. The molecule has 1 aromatic carbocycles. The second kappa shape index (κ2) is 7.02. The van der Waals surface area contributed by atoms with Crippen molar-refractivity contribution in [2.24, 2.45) is 5.73 Å². The van der Waals surface area contributed by atoms with E-state index in [1.165, 1.54) is 0 Å². The van der Waals surface area contributed by atoms with E-state index in [9.17, 15) is 4.79 Å². The molecule has 0 fully saturated rings. The molecule has 78 valence electrons. The van der Waals surface area contributed by atoms with Crippen LogP contribution in [0, 0.1) is 0 Å². The summed E-state index contributed by atoms with van der Waals surface area (Å²) >= 11 is 0. The van der Waals surface area contributed by atoms with E-state index in [-0.39, 0.29) is 0 Å². The summed E-state index contributed by atoms with van der Waals surface area (Å²) in [6.07, 6.45) is 0.385. The molecule has 0 aromatic heterocycles. The number of hydrogen-bond acceptors (Lipinski definition) is 4. The summed E-state index contributed by atoms with van der Waals surface area (Å²) in [5.74, 6) is -0.959. The normalized spacial score (nSPS) is 11.1. The Hall–Kier alpha value is -1.43. The molecule has 1 atom stereocenters. The molecule has 0 aliphatic carbocycles. The second-order valence-electron chi connectivity index (χ2n) is 2.63. The maximum absolute atomic E-state index is 10.4. The predicted octanol–water partition coefficient (Wildman–Crippen LogP) is 0.658. The van der Waals surface area contributed by atoms with Crippen LogP contribution in [0.1, 0.15) is 5.56 Å². The van der Waals surface area contributed by atoms with Crippen molar-refractivity contribution in [2.75, 3.05) is 0 Å². The Morgan fingerprint density at radius 1 is 1.29 bits per heavy atom. The molecule has 0 radical (unpaired) electrons. The molecule has 14 heavy (non-hydrogen) atoms. The van der Waals surface area contributed by atoms with Crippen molar-refractivity contribution >= 4 is 5.97 Å². The third-order valence-electron chi connectivity index (χ3n) is 1.62. The summed E-state index contributed by atoms with van der Waals surface area (Å²) in [5.41, 5.74) is 6.30. The topological polar surface area (TPSA) is 104 Å². The number of hydrogen-bond donors (Lipinski definition) is 4. The Balaban J connectivity index is 0.000000791. The number of aliphatic carboxylic acids is 1. The van der Waals surface area contributed by atoms with Crippen molar-refractivity contribution in [3.8, 4) is 0 Å². The SMILES string of the molecule is NC(Cc1ccccc1)C(=O)O.OO. The van der Waals surface area contributed by atoms with Gasteiger partial charge >= 0.3 is 5.97 Å². The highest BCUT2D eigenvalue weighted by atomic mass is 17.0. The Morgan fingerprint density at radius 2 is 1.79 bits per heavy atom. The van der Waals surface area contributed by atoms with Crippen molar-refractivity contribution in [2.45, 2.75) is 12.5 Å². The Bertz CT molecular complexity index is 263. The molecule has 5 nitrogen and oxygen atoms in total. The van der Waals surface area contributed by atoms with Gasteiger partial charge in [-0.05, 0) is 12.0 Å². The van der Waals surface area contributed by atoms with Gasteiger partial charge in [0.15, 0.2) is 0 Å². The van der Waals surface area contributed by atoms with Crippen LogP contribution in [-0.2, 0) is 11.2 Å². The van der Waals surface area contributed by atoms with Crippen molar-refractivity contribution in [1.29, 1.82) is 0 Å². The fraction of sp³-hybridized carbons (Fsp3) is 0.222. The standard InChI is InChI=1S/C9H11NO2.H2O2/c10-8(9(11)12)6-7-4-2-1-3-5-7;1-2/h1-5,8H,6,10H2,(H,11,12);1-2H. The number of nitrogens with two attached hydrogens (primary N) is 1. The molecule has 5 heteroatoms. The highest BCUT2D eigenvalue weighted by Gasteiger charge is 2.10. The molecular formula is C9H13NO4. The average molecular weight is 199 g/mol. The molecular weight excluding hydrogens is 186 g/mol. The molecule has 0 bridgehead atoms. The first kappa shape index (κ1) is 12.6. The Kier molecular flexibility index (Phi) is 6.30. The molecule has 1 unspecified atom stereocenters. The lowest BCUT2D eigenvalue weighted by atomic mass is 10.1. The molecule has 0 heterocycles. The van der Waals surface area contributed by atoms with Crippen LogP contribution < -0.4 is 5.73 Å². The van der Waals surface area contributed by atoms with Gasteiger partial charge in [0.2, 0.25) is 0 Å². The van der Waals surface area contributed by atoms with E-state index in [0.29, 0.717) is 6.42 Å². The van der Waals surface area contributed by atoms with E-state index in [0.717, 1.165) is 5.56 Å². The maximum atomic E-state index is 10.4. The number of carboxylic acids is 1. The largest absolute Gasteiger partial charge is 0.480 e.